The van der Waals surface area contributed by atoms with Gasteiger partial charge in [-0.25, -0.2) is 4.79 Å². The molecule has 4 nitrogen and oxygen atoms in total. The van der Waals surface area contributed by atoms with E-state index in [2.05, 4.69) is 5.32 Å². The SMILES string of the molecule is O=C(Nc1sccc1C(=O)c1ccccc1)OCc1ccccc1. The van der Waals surface area contributed by atoms with E-state index < -0.39 is 6.09 Å². The zero-order valence-corrected chi connectivity index (χ0v) is 13.6. The predicted molar refractivity (Wildman–Crippen MR) is 94.4 cm³/mol. The fourth-order valence-electron chi connectivity index (χ4n) is 2.18. The highest BCUT2D eigenvalue weighted by Gasteiger charge is 2.17. The van der Waals surface area contributed by atoms with Crippen molar-refractivity contribution < 1.29 is 14.3 Å². The average Bonchev–Trinajstić information content (AvgIpc) is 3.09. The second-order valence-electron chi connectivity index (χ2n) is 5.05. The Hall–Kier alpha value is -2.92. The second-order valence-corrected chi connectivity index (χ2v) is 5.96. The van der Waals surface area contributed by atoms with Crippen molar-refractivity contribution in [2.75, 3.05) is 5.32 Å². The lowest BCUT2D eigenvalue weighted by Gasteiger charge is -2.07. The fraction of sp³-hybridized carbons (Fsp3) is 0.0526. The van der Waals surface area contributed by atoms with Crippen molar-refractivity contribution in [2.24, 2.45) is 0 Å². The monoisotopic (exact) mass is 337 g/mol. The summed E-state index contributed by atoms with van der Waals surface area (Å²) in [4.78, 5) is 24.5. The third kappa shape index (κ3) is 3.88. The van der Waals surface area contributed by atoms with Crippen LogP contribution in [0.5, 0.6) is 0 Å². The molecule has 1 aromatic heterocycles. The molecular weight excluding hydrogens is 322 g/mol. The molecule has 1 N–H and O–H groups in total. The molecule has 24 heavy (non-hydrogen) atoms. The van der Waals surface area contributed by atoms with Gasteiger partial charge in [0.2, 0.25) is 0 Å². The summed E-state index contributed by atoms with van der Waals surface area (Å²) in [7, 11) is 0. The minimum Gasteiger partial charge on any atom is -0.444 e. The molecule has 0 unspecified atom stereocenters. The lowest BCUT2D eigenvalue weighted by Crippen LogP contribution is -2.14. The van der Waals surface area contributed by atoms with Gasteiger partial charge in [0, 0.05) is 5.56 Å². The van der Waals surface area contributed by atoms with Crippen LogP contribution in [0.25, 0.3) is 0 Å². The highest BCUT2D eigenvalue weighted by atomic mass is 32.1. The molecule has 0 atom stereocenters. The summed E-state index contributed by atoms with van der Waals surface area (Å²) in [5.41, 5.74) is 1.94. The van der Waals surface area contributed by atoms with Crippen molar-refractivity contribution in [3.8, 4) is 0 Å². The Labute approximate surface area is 143 Å². The summed E-state index contributed by atoms with van der Waals surface area (Å²) in [5, 5.41) is 4.90. The zero-order chi connectivity index (χ0) is 16.8. The Kier molecular flexibility index (Phi) is 5.03. The van der Waals surface area contributed by atoms with Gasteiger partial charge in [-0.15, -0.1) is 11.3 Å². The molecule has 3 rings (SSSR count). The van der Waals surface area contributed by atoms with E-state index in [1.807, 2.05) is 36.4 Å². The van der Waals surface area contributed by atoms with Gasteiger partial charge in [-0.3, -0.25) is 10.1 Å². The van der Waals surface area contributed by atoms with E-state index in [-0.39, 0.29) is 12.4 Å². The van der Waals surface area contributed by atoms with Crippen LogP contribution in [0.15, 0.2) is 72.1 Å². The highest BCUT2D eigenvalue weighted by molar-refractivity contribution is 7.14. The van der Waals surface area contributed by atoms with Gasteiger partial charge in [0.05, 0.1) is 5.56 Å². The van der Waals surface area contributed by atoms with Gasteiger partial charge in [-0.05, 0) is 17.0 Å². The predicted octanol–water partition coefficient (Wildman–Crippen LogP) is 4.73. The van der Waals surface area contributed by atoms with Gasteiger partial charge in [0.25, 0.3) is 0 Å². The van der Waals surface area contributed by atoms with Crippen LogP contribution in [0.3, 0.4) is 0 Å². The number of amides is 1. The minimum atomic E-state index is -0.580. The lowest BCUT2D eigenvalue weighted by atomic mass is 10.1. The number of nitrogens with one attached hydrogen (secondary N) is 1. The van der Waals surface area contributed by atoms with Crippen molar-refractivity contribution in [3.63, 3.8) is 0 Å². The summed E-state index contributed by atoms with van der Waals surface area (Å²) in [6.45, 7) is 0.181. The summed E-state index contributed by atoms with van der Waals surface area (Å²) < 4.78 is 5.19. The van der Waals surface area contributed by atoms with Crippen molar-refractivity contribution in [1.29, 1.82) is 0 Å². The molecule has 0 radical (unpaired) electrons. The molecule has 1 heterocycles. The molecule has 0 spiro atoms. The normalized spacial score (nSPS) is 10.2. The Morgan fingerprint density at radius 3 is 2.29 bits per heavy atom. The molecule has 0 saturated carbocycles. The number of benzene rings is 2. The number of carbonyl (C=O) groups is 2. The maximum atomic E-state index is 12.5. The molecule has 120 valence electrons. The van der Waals surface area contributed by atoms with Crippen LogP contribution in [-0.4, -0.2) is 11.9 Å². The largest absolute Gasteiger partial charge is 0.444 e. The molecule has 0 saturated heterocycles. The van der Waals surface area contributed by atoms with Gasteiger partial charge in [0.15, 0.2) is 5.78 Å². The number of ether oxygens (including phenoxy) is 1. The van der Waals surface area contributed by atoms with E-state index in [0.29, 0.717) is 16.1 Å². The Morgan fingerprint density at radius 1 is 0.917 bits per heavy atom. The van der Waals surface area contributed by atoms with Crippen LogP contribution >= 0.6 is 11.3 Å². The molecule has 0 bridgehead atoms. The van der Waals surface area contributed by atoms with Gasteiger partial charge in [0.1, 0.15) is 11.6 Å². The third-order valence-electron chi connectivity index (χ3n) is 3.37. The van der Waals surface area contributed by atoms with Crippen LogP contribution < -0.4 is 5.32 Å². The number of thiophene rings is 1. The first-order chi connectivity index (χ1) is 11.7. The Bertz CT molecular complexity index is 828. The van der Waals surface area contributed by atoms with Crippen molar-refractivity contribution in [1.82, 2.24) is 0 Å². The Balaban J connectivity index is 1.65. The smallest absolute Gasteiger partial charge is 0.412 e. The average molecular weight is 337 g/mol. The lowest BCUT2D eigenvalue weighted by molar-refractivity contribution is 0.104. The van der Waals surface area contributed by atoms with E-state index in [4.69, 9.17) is 4.74 Å². The van der Waals surface area contributed by atoms with E-state index >= 15 is 0 Å². The van der Waals surface area contributed by atoms with Crippen molar-refractivity contribution in [3.05, 3.63) is 88.8 Å². The number of anilines is 1. The molecule has 2 aromatic carbocycles. The van der Waals surface area contributed by atoms with E-state index in [9.17, 15) is 9.59 Å². The summed E-state index contributed by atoms with van der Waals surface area (Å²) in [5.74, 6) is -0.129. The highest BCUT2D eigenvalue weighted by Crippen LogP contribution is 2.26. The molecule has 0 aliphatic rings. The first-order valence-corrected chi connectivity index (χ1v) is 8.27. The van der Waals surface area contributed by atoms with Gasteiger partial charge < -0.3 is 4.74 Å². The van der Waals surface area contributed by atoms with Crippen LogP contribution in [0.2, 0.25) is 0 Å². The molecule has 5 heteroatoms. The number of hydrogen-bond donors (Lipinski definition) is 1. The van der Waals surface area contributed by atoms with Crippen LogP contribution in [-0.2, 0) is 11.3 Å². The topological polar surface area (TPSA) is 55.4 Å². The number of carbonyl (C=O) groups excluding carboxylic acids is 2. The van der Waals surface area contributed by atoms with E-state index in [1.54, 1.807) is 35.7 Å². The van der Waals surface area contributed by atoms with Gasteiger partial charge in [-0.1, -0.05) is 60.7 Å². The summed E-state index contributed by atoms with van der Waals surface area (Å²) in [6.07, 6.45) is -0.580. The molecule has 0 aliphatic carbocycles. The van der Waals surface area contributed by atoms with E-state index in [0.717, 1.165) is 5.56 Å². The van der Waals surface area contributed by atoms with Crippen molar-refractivity contribution in [2.45, 2.75) is 6.61 Å². The zero-order valence-electron chi connectivity index (χ0n) is 12.8. The fourth-order valence-corrected chi connectivity index (χ4v) is 2.95. The summed E-state index contributed by atoms with van der Waals surface area (Å²) in [6, 6.07) is 20.1. The molecular formula is C19H15NO3S. The maximum absolute atomic E-state index is 12.5. The van der Waals surface area contributed by atoms with Crippen molar-refractivity contribution >= 4 is 28.2 Å². The third-order valence-corrected chi connectivity index (χ3v) is 4.20. The number of rotatable bonds is 5. The molecule has 0 fully saturated rings. The standard InChI is InChI=1S/C19H15NO3S/c21-17(15-9-5-2-6-10-15)16-11-12-24-18(16)20-19(22)23-13-14-7-3-1-4-8-14/h1-12H,13H2,(H,20,22). The number of ketones is 1. The molecule has 1 amide bonds. The summed E-state index contributed by atoms with van der Waals surface area (Å²) >= 11 is 1.29. The Morgan fingerprint density at radius 2 is 1.58 bits per heavy atom. The first kappa shape index (κ1) is 16.0. The second kappa shape index (κ2) is 7.57. The minimum absolute atomic E-state index is 0.129. The molecule has 3 aromatic rings. The maximum Gasteiger partial charge on any atom is 0.412 e. The van der Waals surface area contributed by atoms with Crippen LogP contribution in [0.1, 0.15) is 21.5 Å². The van der Waals surface area contributed by atoms with Crippen LogP contribution in [0.4, 0.5) is 9.80 Å². The molecule has 0 aliphatic heterocycles. The quantitative estimate of drug-likeness (QED) is 0.685. The first-order valence-electron chi connectivity index (χ1n) is 7.39. The van der Waals surface area contributed by atoms with Gasteiger partial charge in [-0.2, -0.15) is 0 Å². The van der Waals surface area contributed by atoms with Crippen LogP contribution in [0, 0.1) is 0 Å². The van der Waals surface area contributed by atoms with E-state index in [1.165, 1.54) is 11.3 Å². The number of hydrogen-bond acceptors (Lipinski definition) is 4. The van der Waals surface area contributed by atoms with Gasteiger partial charge >= 0.3 is 6.09 Å².